The molecule has 3 heteroatoms. The van der Waals surface area contributed by atoms with E-state index in [-0.39, 0.29) is 6.10 Å². The summed E-state index contributed by atoms with van der Waals surface area (Å²) in [5.41, 5.74) is 1.19. The molecule has 0 spiro atoms. The molecule has 0 aliphatic carbocycles. The molecule has 1 unspecified atom stereocenters. The number of benzene rings is 1. The molecule has 0 radical (unpaired) electrons. The van der Waals surface area contributed by atoms with Crippen molar-refractivity contribution in [3.63, 3.8) is 0 Å². The highest BCUT2D eigenvalue weighted by Gasteiger charge is 2.16. The third-order valence-electron chi connectivity index (χ3n) is 2.59. The van der Waals surface area contributed by atoms with Crippen molar-refractivity contribution < 1.29 is 14.3 Å². The van der Waals surface area contributed by atoms with Crippen molar-refractivity contribution in [2.24, 2.45) is 0 Å². The number of Topliss-reactive ketones (excluding diaryl/α,β-unsaturated/α-hetero) is 1. The van der Waals surface area contributed by atoms with E-state index in [0.717, 1.165) is 6.42 Å². The van der Waals surface area contributed by atoms with Crippen LogP contribution < -0.4 is 0 Å². The standard InChI is InChI=1S/C15H18O3/c1-3-7-14(18-15(17)12(2)16)11-10-13-8-5-4-6-9-13/h3-6,8-9,14H,1,7,10-11H2,2H3. The molecule has 0 aliphatic heterocycles. The topological polar surface area (TPSA) is 43.4 Å². The number of carbonyl (C=O) groups excluding carboxylic acids is 2. The monoisotopic (exact) mass is 246 g/mol. The van der Waals surface area contributed by atoms with E-state index in [1.807, 2.05) is 30.3 Å². The van der Waals surface area contributed by atoms with E-state index in [2.05, 4.69) is 6.58 Å². The smallest absolute Gasteiger partial charge is 0.374 e. The lowest BCUT2D eigenvalue weighted by molar-refractivity contribution is -0.157. The third kappa shape index (κ3) is 4.95. The fourth-order valence-corrected chi connectivity index (χ4v) is 1.62. The average molecular weight is 246 g/mol. The van der Waals surface area contributed by atoms with Crippen molar-refractivity contribution in [1.29, 1.82) is 0 Å². The van der Waals surface area contributed by atoms with Gasteiger partial charge < -0.3 is 4.74 Å². The number of aryl methyl sites for hydroxylation is 1. The maximum Gasteiger partial charge on any atom is 0.374 e. The van der Waals surface area contributed by atoms with E-state index >= 15 is 0 Å². The van der Waals surface area contributed by atoms with Gasteiger partial charge in [-0.2, -0.15) is 0 Å². The van der Waals surface area contributed by atoms with Crippen LogP contribution in [-0.4, -0.2) is 17.9 Å². The Hall–Kier alpha value is -1.90. The molecule has 0 saturated heterocycles. The predicted octanol–water partition coefficient (Wildman–Crippen LogP) is 2.70. The lowest BCUT2D eigenvalue weighted by atomic mass is 10.0. The van der Waals surface area contributed by atoms with E-state index in [1.165, 1.54) is 12.5 Å². The fourth-order valence-electron chi connectivity index (χ4n) is 1.62. The van der Waals surface area contributed by atoms with Crippen LogP contribution in [0.3, 0.4) is 0 Å². The Morgan fingerprint density at radius 1 is 1.33 bits per heavy atom. The maximum absolute atomic E-state index is 11.2. The first-order chi connectivity index (χ1) is 8.63. The van der Waals surface area contributed by atoms with E-state index in [4.69, 9.17) is 4.74 Å². The quantitative estimate of drug-likeness (QED) is 0.422. The minimum atomic E-state index is -0.769. The summed E-state index contributed by atoms with van der Waals surface area (Å²) in [7, 11) is 0. The summed E-state index contributed by atoms with van der Waals surface area (Å²) in [4.78, 5) is 22.1. The second-order valence-electron chi connectivity index (χ2n) is 4.13. The highest BCUT2D eigenvalue weighted by molar-refractivity contribution is 6.32. The third-order valence-corrected chi connectivity index (χ3v) is 2.59. The number of carbonyl (C=O) groups is 2. The first kappa shape index (κ1) is 14.2. The SMILES string of the molecule is C=CCC(CCc1ccccc1)OC(=O)C(C)=O. The van der Waals surface area contributed by atoms with Gasteiger partial charge in [0.05, 0.1) is 0 Å². The van der Waals surface area contributed by atoms with Crippen LogP contribution in [0.25, 0.3) is 0 Å². The molecular weight excluding hydrogens is 228 g/mol. The largest absolute Gasteiger partial charge is 0.456 e. The van der Waals surface area contributed by atoms with E-state index < -0.39 is 11.8 Å². The summed E-state index contributed by atoms with van der Waals surface area (Å²) in [5.74, 6) is -1.33. The summed E-state index contributed by atoms with van der Waals surface area (Å²) in [5, 5.41) is 0. The Kier molecular flexibility index (Phi) is 5.85. The number of ether oxygens (including phenoxy) is 1. The lowest BCUT2D eigenvalue weighted by Gasteiger charge is -2.15. The van der Waals surface area contributed by atoms with Crippen molar-refractivity contribution in [3.05, 3.63) is 48.6 Å². The van der Waals surface area contributed by atoms with Crippen molar-refractivity contribution in [3.8, 4) is 0 Å². The van der Waals surface area contributed by atoms with Crippen LogP contribution in [0, 0.1) is 0 Å². The van der Waals surface area contributed by atoms with Gasteiger partial charge in [0, 0.05) is 13.3 Å². The van der Waals surface area contributed by atoms with Gasteiger partial charge in [0.15, 0.2) is 0 Å². The summed E-state index contributed by atoms with van der Waals surface area (Å²) < 4.78 is 5.11. The molecule has 1 aromatic carbocycles. The molecule has 0 aromatic heterocycles. The van der Waals surface area contributed by atoms with Gasteiger partial charge >= 0.3 is 5.97 Å². The zero-order chi connectivity index (χ0) is 13.4. The zero-order valence-electron chi connectivity index (χ0n) is 10.6. The molecule has 3 nitrogen and oxygen atoms in total. The zero-order valence-corrected chi connectivity index (χ0v) is 10.6. The van der Waals surface area contributed by atoms with Gasteiger partial charge in [-0.05, 0) is 18.4 Å². The molecule has 1 aromatic rings. The Balaban J connectivity index is 2.50. The lowest BCUT2D eigenvalue weighted by Crippen LogP contribution is -2.23. The average Bonchev–Trinajstić information content (AvgIpc) is 2.37. The maximum atomic E-state index is 11.2. The van der Waals surface area contributed by atoms with Crippen LogP contribution >= 0.6 is 0 Å². The molecule has 0 aliphatic rings. The molecule has 0 heterocycles. The van der Waals surface area contributed by atoms with Crippen LogP contribution in [-0.2, 0) is 20.7 Å². The fraction of sp³-hybridized carbons (Fsp3) is 0.333. The van der Waals surface area contributed by atoms with Gasteiger partial charge in [0.25, 0.3) is 0 Å². The molecule has 1 rings (SSSR count). The molecule has 0 fully saturated rings. The van der Waals surface area contributed by atoms with Gasteiger partial charge in [0.1, 0.15) is 6.10 Å². The predicted molar refractivity (Wildman–Crippen MR) is 70.1 cm³/mol. The summed E-state index contributed by atoms with van der Waals surface area (Å²) >= 11 is 0. The van der Waals surface area contributed by atoms with Crippen molar-refractivity contribution in [2.45, 2.75) is 32.3 Å². The van der Waals surface area contributed by atoms with Gasteiger partial charge in [-0.1, -0.05) is 36.4 Å². The normalized spacial score (nSPS) is 11.6. The first-order valence-corrected chi connectivity index (χ1v) is 6.00. The first-order valence-electron chi connectivity index (χ1n) is 6.00. The summed E-state index contributed by atoms with van der Waals surface area (Å²) in [6.07, 6.45) is 3.48. The Labute approximate surface area is 107 Å². The molecule has 0 bridgehead atoms. The second kappa shape index (κ2) is 7.43. The number of esters is 1. The number of rotatable bonds is 7. The molecule has 96 valence electrons. The van der Waals surface area contributed by atoms with Gasteiger partial charge in [-0.15, -0.1) is 6.58 Å². The molecule has 1 atom stereocenters. The minimum absolute atomic E-state index is 0.279. The number of hydrogen-bond donors (Lipinski definition) is 0. The highest BCUT2D eigenvalue weighted by Crippen LogP contribution is 2.11. The minimum Gasteiger partial charge on any atom is -0.456 e. The van der Waals surface area contributed by atoms with Crippen molar-refractivity contribution in [1.82, 2.24) is 0 Å². The number of ketones is 1. The Bertz CT molecular complexity index is 409. The van der Waals surface area contributed by atoms with Gasteiger partial charge in [-0.3, -0.25) is 4.79 Å². The molecule has 0 saturated carbocycles. The van der Waals surface area contributed by atoms with E-state index in [9.17, 15) is 9.59 Å². The molecule has 18 heavy (non-hydrogen) atoms. The van der Waals surface area contributed by atoms with Crippen molar-refractivity contribution in [2.75, 3.05) is 0 Å². The molecular formula is C15H18O3. The summed E-state index contributed by atoms with van der Waals surface area (Å²) in [6, 6.07) is 9.95. The highest BCUT2D eigenvalue weighted by atomic mass is 16.5. The Morgan fingerprint density at radius 2 is 2.00 bits per heavy atom. The van der Waals surface area contributed by atoms with E-state index in [1.54, 1.807) is 6.08 Å². The van der Waals surface area contributed by atoms with Crippen LogP contribution in [0.4, 0.5) is 0 Å². The van der Waals surface area contributed by atoms with Crippen molar-refractivity contribution >= 4 is 11.8 Å². The summed E-state index contributed by atoms with van der Waals surface area (Å²) in [6.45, 7) is 4.84. The molecule has 0 N–H and O–H groups in total. The van der Waals surface area contributed by atoms with Crippen LogP contribution in [0.2, 0.25) is 0 Å². The van der Waals surface area contributed by atoms with Crippen LogP contribution in [0.1, 0.15) is 25.3 Å². The number of hydrogen-bond acceptors (Lipinski definition) is 3. The Morgan fingerprint density at radius 3 is 2.56 bits per heavy atom. The van der Waals surface area contributed by atoms with Gasteiger partial charge in [-0.25, -0.2) is 4.79 Å². The van der Waals surface area contributed by atoms with Crippen LogP contribution in [0.15, 0.2) is 43.0 Å². The van der Waals surface area contributed by atoms with E-state index in [0.29, 0.717) is 12.8 Å². The van der Waals surface area contributed by atoms with Crippen LogP contribution in [0.5, 0.6) is 0 Å². The second-order valence-corrected chi connectivity index (χ2v) is 4.13. The molecule has 0 amide bonds. The van der Waals surface area contributed by atoms with Gasteiger partial charge in [0.2, 0.25) is 5.78 Å².